The fraction of sp³-hybridized carbons (Fsp3) is 0.455. The standard InChI is InChI=1S/C11H14O2/c1-7-8(12)5-6-9(13)10(7)11(2,3)4/h5-6H,1-4H3. The smallest absolute Gasteiger partial charge is 0.182 e. The van der Waals surface area contributed by atoms with Gasteiger partial charge in [-0.1, -0.05) is 20.8 Å². The minimum absolute atomic E-state index is 0.0374. The van der Waals surface area contributed by atoms with Crippen molar-refractivity contribution < 1.29 is 9.59 Å². The molecule has 0 atom stereocenters. The topological polar surface area (TPSA) is 34.1 Å². The highest BCUT2D eigenvalue weighted by atomic mass is 16.1. The molecule has 0 aliphatic heterocycles. The largest absolute Gasteiger partial charge is 0.290 e. The van der Waals surface area contributed by atoms with Gasteiger partial charge in [-0.15, -0.1) is 0 Å². The van der Waals surface area contributed by atoms with Gasteiger partial charge in [0, 0.05) is 11.1 Å². The second kappa shape index (κ2) is 2.95. The summed E-state index contributed by atoms with van der Waals surface area (Å²) in [4.78, 5) is 22.8. The summed E-state index contributed by atoms with van der Waals surface area (Å²) in [7, 11) is 0. The maximum Gasteiger partial charge on any atom is 0.182 e. The minimum atomic E-state index is -0.248. The van der Waals surface area contributed by atoms with Crippen molar-refractivity contribution in [3.05, 3.63) is 23.3 Å². The molecule has 0 radical (unpaired) electrons. The highest BCUT2D eigenvalue weighted by molar-refractivity contribution is 6.20. The quantitative estimate of drug-likeness (QED) is 0.532. The molecule has 0 N–H and O–H groups in total. The highest BCUT2D eigenvalue weighted by Gasteiger charge is 2.28. The number of rotatable bonds is 0. The lowest BCUT2D eigenvalue weighted by atomic mass is 9.78. The molecular formula is C11H14O2. The van der Waals surface area contributed by atoms with Crippen molar-refractivity contribution in [2.75, 3.05) is 0 Å². The zero-order valence-electron chi connectivity index (χ0n) is 8.47. The van der Waals surface area contributed by atoms with Crippen LogP contribution in [-0.4, -0.2) is 11.6 Å². The van der Waals surface area contributed by atoms with E-state index in [2.05, 4.69) is 0 Å². The Morgan fingerprint density at radius 1 is 1.00 bits per heavy atom. The van der Waals surface area contributed by atoms with E-state index in [4.69, 9.17) is 0 Å². The molecule has 0 spiro atoms. The first kappa shape index (κ1) is 9.90. The number of allylic oxidation sites excluding steroid dienone is 4. The van der Waals surface area contributed by atoms with Gasteiger partial charge in [0.05, 0.1) is 0 Å². The van der Waals surface area contributed by atoms with Gasteiger partial charge in [0.15, 0.2) is 11.6 Å². The summed E-state index contributed by atoms with van der Waals surface area (Å²) in [5, 5.41) is 0. The minimum Gasteiger partial charge on any atom is -0.290 e. The van der Waals surface area contributed by atoms with Gasteiger partial charge >= 0.3 is 0 Å². The average Bonchev–Trinajstić information content (AvgIpc) is 1.95. The molecule has 0 unspecified atom stereocenters. The molecule has 13 heavy (non-hydrogen) atoms. The summed E-state index contributed by atoms with van der Waals surface area (Å²) in [6.45, 7) is 7.53. The van der Waals surface area contributed by atoms with Gasteiger partial charge in [0.1, 0.15) is 0 Å². The summed E-state index contributed by atoms with van der Waals surface area (Å²) >= 11 is 0. The molecule has 0 fully saturated rings. The number of hydrogen-bond acceptors (Lipinski definition) is 2. The molecule has 0 aromatic carbocycles. The lowest BCUT2D eigenvalue weighted by Crippen LogP contribution is -2.23. The van der Waals surface area contributed by atoms with Gasteiger partial charge in [-0.2, -0.15) is 0 Å². The zero-order chi connectivity index (χ0) is 10.2. The van der Waals surface area contributed by atoms with Crippen LogP contribution >= 0.6 is 0 Å². The Labute approximate surface area is 78.3 Å². The molecular weight excluding hydrogens is 164 g/mol. The fourth-order valence-electron chi connectivity index (χ4n) is 1.60. The van der Waals surface area contributed by atoms with Crippen LogP contribution in [0.4, 0.5) is 0 Å². The van der Waals surface area contributed by atoms with Crippen molar-refractivity contribution in [3.63, 3.8) is 0 Å². The molecule has 1 rings (SSSR count). The Morgan fingerprint density at radius 3 is 1.85 bits per heavy atom. The van der Waals surface area contributed by atoms with Crippen molar-refractivity contribution >= 4 is 11.6 Å². The Kier molecular flexibility index (Phi) is 2.24. The van der Waals surface area contributed by atoms with Crippen molar-refractivity contribution in [2.24, 2.45) is 5.41 Å². The van der Waals surface area contributed by atoms with Crippen LogP contribution in [-0.2, 0) is 9.59 Å². The van der Waals surface area contributed by atoms with E-state index >= 15 is 0 Å². The summed E-state index contributed by atoms with van der Waals surface area (Å²) in [6.07, 6.45) is 2.70. The highest BCUT2D eigenvalue weighted by Crippen LogP contribution is 2.31. The normalized spacial score (nSPS) is 18.5. The fourth-order valence-corrected chi connectivity index (χ4v) is 1.60. The Morgan fingerprint density at radius 2 is 1.46 bits per heavy atom. The second-order valence-electron chi connectivity index (χ2n) is 4.31. The van der Waals surface area contributed by atoms with Crippen LogP contribution in [0.3, 0.4) is 0 Å². The number of carbonyl (C=O) groups excluding carboxylic acids is 2. The molecule has 0 aromatic rings. The first-order valence-corrected chi connectivity index (χ1v) is 4.32. The maximum atomic E-state index is 11.5. The lowest BCUT2D eigenvalue weighted by molar-refractivity contribution is -0.115. The average molecular weight is 178 g/mol. The van der Waals surface area contributed by atoms with E-state index in [1.807, 2.05) is 20.8 Å². The Hall–Kier alpha value is -1.18. The predicted octanol–water partition coefficient (Wildman–Crippen LogP) is 2.06. The van der Waals surface area contributed by atoms with Crippen LogP contribution in [0.2, 0.25) is 0 Å². The SMILES string of the molecule is CC1=C(C(C)(C)C)C(=O)C=CC1=O. The first-order chi connectivity index (χ1) is 5.84. The van der Waals surface area contributed by atoms with E-state index in [-0.39, 0.29) is 17.0 Å². The molecule has 1 aliphatic carbocycles. The number of carbonyl (C=O) groups is 2. The molecule has 1 aliphatic rings. The number of ketones is 2. The molecule has 70 valence electrons. The van der Waals surface area contributed by atoms with Gasteiger partial charge in [-0.3, -0.25) is 9.59 Å². The van der Waals surface area contributed by atoms with E-state index in [1.54, 1.807) is 6.92 Å². The Balaban J connectivity index is 3.26. The van der Waals surface area contributed by atoms with E-state index in [0.29, 0.717) is 11.1 Å². The molecule has 0 heterocycles. The summed E-state index contributed by atoms with van der Waals surface area (Å²) < 4.78 is 0. The van der Waals surface area contributed by atoms with Gasteiger partial charge in [0.25, 0.3) is 0 Å². The predicted molar refractivity (Wildman–Crippen MR) is 51.3 cm³/mol. The van der Waals surface area contributed by atoms with E-state index < -0.39 is 0 Å². The van der Waals surface area contributed by atoms with Crippen molar-refractivity contribution in [1.82, 2.24) is 0 Å². The van der Waals surface area contributed by atoms with E-state index in [0.717, 1.165) is 0 Å². The third-order valence-electron chi connectivity index (χ3n) is 2.13. The molecule has 0 amide bonds. The lowest BCUT2D eigenvalue weighted by Gasteiger charge is -2.24. The van der Waals surface area contributed by atoms with Gasteiger partial charge < -0.3 is 0 Å². The first-order valence-electron chi connectivity index (χ1n) is 4.32. The van der Waals surface area contributed by atoms with E-state index in [9.17, 15) is 9.59 Å². The van der Waals surface area contributed by atoms with Crippen LogP contribution in [0.1, 0.15) is 27.7 Å². The molecule has 2 nitrogen and oxygen atoms in total. The third-order valence-corrected chi connectivity index (χ3v) is 2.13. The van der Waals surface area contributed by atoms with Gasteiger partial charge in [-0.05, 0) is 24.5 Å². The van der Waals surface area contributed by atoms with Crippen LogP contribution < -0.4 is 0 Å². The summed E-state index contributed by atoms with van der Waals surface area (Å²) in [6, 6.07) is 0. The van der Waals surface area contributed by atoms with Crippen molar-refractivity contribution in [2.45, 2.75) is 27.7 Å². The monoisotopic (exact) mass is 178 g/mol. The molecule has 0 saturated heterocycles. The van der Waals surface area contributed by atoms with Crippen LogP contribution in [0, 0.1) is 5.41 Å². The number of hydrogen-bond donors (Lipinski definition) is 0. The Bertz CT molecular complexity index is 324. The van der Waals surface area contributed by atoms with Crippen LogP contribution in [0.5, 0.6) is 0 Å². The van der Waals surface area contributed by atoms with E-state index in [1.165, 1.54) is 12.2 Å². The molecule has 0 bridgehead atoms. The second-order valence-corrected chi connectivity index (χ2v) is 4.31. The van der Waals surface area contributed by atoms with Gasteiger partial charge in [-0.25, -0.2) is 0 Å². The zero-order valence-corrected chi connectivity index (χ0v) is 8.47. The summed E-state index contributed by atoms with van der Waals surface area (Å²) in [5.74, 6) is -0.0888. The molecule has 0 aromatic heterocycles. The molecule has 2 heteroatoms. The van der Waals surface area contributed by atoms with Crippen molar-refractivity contribution in [3.8, 4) is 0 Å². The van der Waals surface area contributed by atoms with Crippen LogP contribution in [0.25, 0.3) is 0 Å². The molecule has 0 saturated carbocycles. The van der Waals surface area contributed by atoms with Gasteiger partial charge in [0.2, 0.25) is 0 Å². The third kappa shape index (κ3) is 1.77. The van der Waals surface area contributed by atoms with Crippen molar-refractivity contribution in [1.29, 1.82) is 0 Å². The maximum absolute atomic E-state index is 11.5. The van der Waals surface area contributed by atoms with Crippen LogP contribution in [0.15, 0.2) is 23.3 Å². The summed E-state index contributed by atoms with van der Waals surface area (Å²) in [5.41, 5.74) is 0.974.